The van der Waals surface area contributed by atoms with Crippen LogP contribution in [-0.4, -0.2) is 43.7 Å². The average Bonchev–Trinajstić information content (AvgIpc) is 2.95. The van der Waals surface area contributed by atoms with E-state index >= 15 is 0 Å². The van der Waals surface area contributed by atoms with Crippen LogP contribution in [0.1, 0.15) is 25.7 Å². The first-order valence-electron chi connectivity index (χ1n) is 8.14. The molecular weight excluding hydrogens is 267 g/mol. The van der Waals surface area contributed by atoms with Crippen LogP contribution in [0.5, 0.6) is 5.75 Å². The number of piperidine rings is 1. The third kappa shape index (κ3) is 4.17. The molecule has 0 bridgehead atoms. The maximum Gasteiger partial charge on any atom is 0.123 e. The molecule has 2 unspecified atom stereocenters. The van der Waals surface area contributed by atoms with Gasteiger partial charge in [-0.1, -0.05) is 0 Å². The summed E-state index contributed by atoms with van der Waals surface area (Å²) >= 11 is 0. The van der Waals surface area contributed by atoms with Crippen LogP contribution >= 0.6 is 0 Å². The van der Waals surface area contributed by atoms with Gasteiger partial charge in [-0.2, -0.15) is 0 Å². The van der Waals surface area contributed by atoms with Gasteiger partial charge in [0, 0.05) is 12.6 Å². The standard InChI is InChI=1S/C17H25FN2O/c18-15-5-7-17(8-6-15)21-13-16-4-2-10-20(16)12-14-3-1-9-19-11-14/h5-8,14,16,19H,1-4,9-13H2. The molecule has 0 saturated carbocycles. The highest BCUT2D eigenvalue weighted by Crippen LogP contribution is 2.22. The second-order valence-corrected chi connectivity index (χ2v) is 6.27. The topological polar surface area (TPSA) is 24.5 Å². The van der Waals surface area contributed by atoms with Crippen LogP contribution in [0.25, 0.3) is 0 Å². The summed E-state index contributed by atoms with van der Waals surface area (Å²) in [7, 11) is 0. The van der Waals surface area contributed by atoms with E-state index in [1.807, 2.05) is 0 Å². The first-order chi connectivity index (χ1) is 10.3. The highest BCUT2D eigenvalue weighted by atomic mass is 19.1. The van der Waals surface area contributed by atoms with Crippen molar-refractivity contribution in [3.8, 4) is 5.75 Å². The van der Waals surface area contributed by atoms with Gasteiger partial charge in [-0.15, -0.1) is 0 Å². The quantitative estimate of drug-likeness (QED) is 0.903. The lowest BCUT2D eigenvalue weighted by molar-refractivity contribution is 0.145. The van der Waals surface area contributed by atoms with Crippen molar-refractivity contribution in [1.82, 2.24) is 10.2 Å². The molecule has 2 aliphatic rings. The van der Waals surface area contributed by atoms with E-state index in [1.165, 1.54) is 57.5 Å². The predicted octanol–water partition coefficient (Wildman–Crippen LogP) is 2.67. The van der Waals surface area contributed by atoms with Crippen LogP contribution in [0.15, 0.2) is 24.3 Å². The van der Waals surface area contributed by atoms with E-state index in [1.54, 1.807) is 12.1 Å². The van der Waals surface area contributed by atoms with E-state index in [9.17, 15) is 4.39 Å². The van der Waals surface area contributed by atoms with Gasteiger partial charge in [-0.05, 0) is 75.5 Å². The Hall–Kier alpha value is -1.13. The van der Waals surface area contributed by atoms with Gasteiger partial charge < -0.3 is 10.1 Å². The molecule has 1 aromatic carbocycles. The Kier molecular flexibility index (Phi) is 5.09. The molecule has 0 radical (unpaired) electrons. The van der Waals surface area contributed by atoms with Gasteiger partial charge in [0.05, 0.1) is 0 Å². The Balaban J connectivity index is 1.48. The Morgan fingerprint density at radius 2 is 2.05 bits per heavy atom. The Morgan fingerprint density at radius 3 is 2.81 bits per heavy atom. The van der Waals surface area contributed by atoms with Crippen LogP contribution in [-0.2, 0) is 0 Å². The minimum atomic E-state index is -0.213. The number of likely N-dealkylation sites (tertiary alicyclic amines) is 1. The summed E-state index contributed by atoms with van der Waals surface area (Å²) in [5.74, 6) is 1.34. The third-order valence-electron chi connectivity index (χ3n) is 4.65. The number of hydrogen-bond donors (Lipinski definition) is 1. The van der Waals surface area contributed by atoms with Crippen molar-refractivity contribution in [3.63, 3.8) is 0 Å². The van der Waals surface area contributed by atoms with Gasteiger partial charge in [0.2, 0.25) is 0 Å². The number of halogens is 1. The molecule has 3 nitrogen and oxygen atoms in total. The average molecular weight is 292 g/mol. The molecule has 0 aromatic heterocycles. The highest BCUT2D eigenvalue weighted by molar-refractivity contribution is 5.22. The van der Waals surface area contributed by atoms with Crippen molar-refractivity contribution >= 4 is 0 Å². The molecule has 4 heteroatoms. The fourth-order valence-electron chi connectivity index (χ4n) is 3.46. The molecule has 1 N–H and O–H groups in total. The maximum absolute atomic E-state index is 12.9. The number of rotatable bonds is 5. The zero-order valence-corrected chi connectivity index (χ0v) is 12.6. The summed E-state index contributed by atoms with van der Waals surface area (Å²) in [6.07, 6.45) is 5.11. The van der Waals surface area contributed by atoms with Gasteiger partial charge in [-0.3, -0.25) is 4.90 Å². The molecule has 0 amide bonds. The fourth-order valence-corrected chi connectivity index (χ4v) is 3.46. The molecule has 1 aromatic rings. The molecule has 2 fully saturated rings. The summed E-state index contributed by atoms with van der Waals surface area (Å²) in [6, 6.07) is 6.83. The third-order valence-corrected chi connectivity index (χ3v) is 4.65. The fraction of sp³-hybridized carbons (Fsp3) is 0.647. The van der Waals surface area contributed by atoms with Gasteiger partial charge in [0.25, 0.3) is 0 Å². The maximum atomic E-state index is 12.9. The van der Waals surface area contributed by atoms with Crippen molar-refractivity contribution in [2.45, 2.75) is 31.7 Å². The second-order valence-electron chi connectivity index (χ2n) is 6.27. The lowest BCUT2D eigenvalue weighted by Gasteiger charge is -2.31. The van der Waals surface area contributed by atoms with Crippen molar-refractivity contribution in [1.29, 1.82) is 0 Å². The Labute approximate surface area is 126 Å². The van der Waals surface area contributed by atoms with Gasteiger partial charge in [0.1, 0.15) is 18.2 Å². The lowest BCUT2D eigenvalue weighted by atomic mass is 9.99. The molecular formula is C17H25FN2O. The molecule has 2 heterocycles. The molecule has 2 aliphatic heterocycles. The normalized spacial score (nSPS) is 26.9. The van der Waals surface area contributed by atoms with Crippen molar-refractivity contribution < 1.29 is 9.13 Å². The van der Waals surface area contributed by atoms with Crippen molar-refractivity contribution in [3.05, 3.63) is 30.1 Å². The summed E-state index contributed by atoms with van der Waals surface area (Å²) in [5, 5.41) is 3.49. The Morgan fingerprint density at radius 1 is 1.19 bits per heavy atom. The SMILES string of the molecule is Fc1ccc(OCC2CCCN2CC2CCCNC2)cc1. The van der Waals surface area contributed by atoms with Crippen LogP contribution in [0, 0.1) is 11.7 Å². The van der Waals surface area contributed by atoms with E-state index in [0.717, 1.165) is 18.2 Å². The summed E-state index contributed by atoms with van der Waals surface area (Å²) in [4.78, 5) is 2.58. The first-order valence-corrected chi connectivity index (χ1v) is 8.14. The number of nitrogens with zero attached hydrogens (tertiary/aromatic N) is 1. The second kappa shape index (κ2) is 7.23. The first kappa shape index (κ1) is 14.8. The van der Waals surface area contributed by atoms with Gasteiger partial charge in [-0.25, -0.2) is 4.39 Å². The largest absolute Gasteiger partial charge is 0.492 e. The van der Waals surface area contributed by atoms with E-state index in [4.69, 9.17) is 4.74 Å². The number of ether oxygens (including phenoxy) is 1. The number of nitrogens with one attached hydrogen (secondary N) is 1. The van der Waals surface area contributed by atoms with Crippen molar-refractivity contribution in [2.75, 3.05) is 32.8 Å². The molecule has 21 heavy (non-hydrogen) atoms. The Bertz CT molecular complexity index is 431. The molecule has 116 valence electrons. The number of hydrogen-bond acceptors (Lipinski definition) is 3. The van der Waals surface area contributed by atoms with E-state index < -0.39 is 0 Å². The monoisotopic (exact) mass is 292 g/mol. The number of benzene rings is 1. The van der Waals surface area contributed by atoms with E-state index in [-0.39, 0.29) is 5.82 Å². The minimum Gasteiger partial charge on any atom is -0.492 e. The van der Waals surface area contributed by atoms with E-state index in [0.29, 0.717) is 12.6 Å². The van der Waals surface area contributed by atoms with Crippen LogP contribution in [0.4, 0.5) is 4.39 Å². The molecule has 2 atom stereocenters. The van der Waals surface area contributed by atoms with Crippen LogP contribution in [0.3, 0.4) is 0 Å². The van der Waals surface area contributed by atoms with Crippen LogP contribution in [0.2, 0.25) is 0 Å². The lowest BCUT2D eigenvalue weighted by Crippen LogP contribution is -2.42. The summed E-state index contributed by atoms with van der Waals surface area (Å²) < 4.78 is 18.7. The van der Waals surface area contributed by atoms with Gasteiger partial charge in [0.15, 0.2) is 0 Å². The molecule has 2 saturated heterocycles. The smallest absolute Gasteiger partial charge is 0.123 e. The molecule has 0 spiro atoms. The zero-order chi connectivity index (χ0) is 14.5. The predicted molar refractivity (Wildman–Crippen MR) is 82.1 cm³/mol. The molecule has 3 rings (SSSR count). The molecule has 0 aliphatic carbocycles. The summed E-state index contributed by atoms with van der Waals surface area (Å²) in [6.45, 7) is 5.42. The summed E-state index contributed by atoms with van der Waals surface area (Å²) in [5.41, 5.74) is 0. The zero-order valence-electron chi connectivity index (χ0n) is 12.6. The highest BCUT2D eigenvalue weighted by Gasteiger charge is 2.27. The van der Waals surface area contributed by atoms with Crippen molar-refractivity contribution in [2.24, 2.45) is 5.92 Å². The van der Waals surface area contributed by atoms with Gasteiger partial charge >= 0.3 is 0 Å². The van der Waals surface area contributed by atoms with E-state index in [2.05, 4.69) is 10.2 Å². The minimum absolute atomic E-state index is 0.213. The van der Waals surface area contributed by atoms with Crippen LogP contribution < -0.4 is 10.1 Å².